The molecule has 0 aliphatic heterocycles. The van der Waals surface area contributed by atoms with Crippen molar-refractivity contribution in [3.8, 4) is 5.75 Å². The molecule has 0 saturated heterocycles. The van der Waals surface area contributed by atoms with E-state index in [9.17, 15) is 13.2 Å². The molecule has 1 heterocycles. The van der Waals surface area contributed by atoms with E-state index in [1.54, 1.807) is 6.20 Å². The summed E-state index contributed by atoms with van der Waals surface area (Å²) in [6, 6.07) is 11.5. The highest BCUT2D eigenvalue weighted by molar-refractivity contribution is 9.10. The maximum absolute atomic E-state index is 12.2. The molecule has 3 rings (SSSR count). The van der Waals surface area contributed by atoms with Gasteiger partial charge < -0.3 is 10.1 Å². The summed E-state index contributed by atoms with van der Waals surface area (Å²) in [6.45, 7) is 2.00. The SMILES string of the molecule is Cc1ccc2c(Nc3ccc(OC(F)(F)F)cc3)ncc(Br)c2c1. The Balaban J connectivity index is 1.89. The van der Waals surface area contributed by atoms with E-state index >= 15 is 0 Å². The molecule has 2 aromatic carbocycles. The molecule has 0 bridgehead atoms. The normalized spacial score (nSPS) is 11.5. The maximum atomic E-state index is 12.2. The topological polar surface area (TPSA) is 34.1 Å². The van der Waals surface area contributed by atoms with Gasteiger partial charge in [0.15, 0.2) is 0 Å². The van der Waals surface area contributed by atoms with Crippen LogP contribution < -0.4 is 10.1 Å². The Morgan fingerprint density at radius 2 is 1.75 bits per heavy atom. The average Bonchev–Trinajstić information content (AvgIpc) is 2.51. The third-order valence-corrected chi connectivity index (χ3v) is 3.98. The number of ether oxygens (including phenoxy) is 1. The molecular weight excluding hydrogens is 385 g/mol. The van der Waals surface area contributed by atoms with E-state index in [1.165, 1.54) is 24.3 Å². The van der Waals surface area contributed by atoms with Crippen molar-refractivity contribution < 1.29 is 17.9 Å². The predicted octanol–water partition coefficient (Wildman–Crippen LogP) is 5.95. The van der Waals surface area contributed by atoms with Crippen LogP contribution in [0.3, 0.4) is 0 Å². The van der Waals surface area contributed by atoms with Gasteiger partial charge in [-0.15, -0.1) is 13.2 Å². The lowest BCUT2D eigenvalue weighted by molar-refractivity contribution is -0.274. The second kappa shape index (κ2) is 6.32. The third kappa shape index (κ3) is 3.79. The van der Waals surface area contributed by atoms with Crippen LogP contribution in [-0.2, 0) is 0 Å². The van der Waals surface area contributed by atoms with E-state index in [-0.39, 0.29) is 5.75 Å². The molecule has 24 heavy (non-hydrogen) atoms. The van der Waals surface area contributed by atoms with Crippen LogP contribution in [0.15, 0.2) is 53.1 Å². The summed E-state index contributed by atoms with van der Waals surface area (Å²) in [6.07, 6.45) is -3.01. The van der Waals surface area contributed by atoms with Gasteiger partial charge in [0.2, 0.25) is 0 Å². The number of nitrogens with one attached hydrogen (secondary N) is 1. The number of hydrogen-bond acceptors (Lipinski definition) is 3. The summed E-state index contributed by atoms with van der Waals surface area (Å²) in [7, 11) is 0. The molecule has 0 spiro atoms. The first-order chi connectivity index (χ1) is 11.3. The van der Waals surface area contributed by atoms with Crippen LogP contribution >= 0.6 is 15.9 Å². The summed E-state index contributed by atoms with van der Waals surface area (Å²) in [5, 5.41) is 5.03. The summed E-state index contributed by atoms with van der Waals surface area (Å²) < 4.78 is 41.3. The molecule has 1 aromatic heterocycles. The first-order valence-corrected chi connectivity index (χ1v) is 7.79. The standard InChI is InChI=1S/C17H12BrF3N2O/c1-10-2-7-13-14(8-10)15(18)9-22-16(13)23-11-3-5-12(6-4-11)24-17(19,20)21/h2-9H,1H3,(H,22,23). The van der Waals surface area contributed by atoms with E-state index in [0.29, 0.717) is 11.5 Å². The first-order valence-electron chi connectivity index (χ1n) is 6.99. The van der Waals surface area contributed by atoms with Crippen LogP contribution in [0.2, 0.25) is 0 Å². The van der Waals surface area contributed by atoms with Gasteiger partial charge in [-0.1, -0.05) is 23.8 Å². The molecule has 0 unspecified atom stereocenters. The summed E-state index contributed by atoms with van der Waals surface area (Å²) in [5.74, 6) is 0.356. The predicted molar refractivity (Wildman–Crippen MR) is 90.6 cm³/mol. The molecule has 3 aromatic rings. The average molecular weight is 397 g/mol. The molecule has 0 radical (unpaired) electrons. The fourth-order valence-electron chi connectivity index (χ4n) is 2.30. The number of anilines is 2. The van der Waals surface area contributed by atoms with Crippen molar-refractivity contribution in [2.75, 3.05) is 5.32 Å². The van der Waals surface area contributed by atoms with E-state index < -0.39 is 6.36 Å². The van der Waals surface area contributed by atoms with Crippen molar-refractivity contribution >= 4 is 38.2 Å². The van der Waals surface area contributed by atoms with Gasteiger partial charge in [-0.05, 0) is 47.1 Å². The second-order valence-corrected chi connectivity index (χ2v) is 6.06. The van der Waals surface area contributed by atoms with Gasteiger partial charge in [-0.25, -0.2) is 4.98 Å². The largest absolute Gasteiger partial charge is 0.573 e. The number of hydrogen-bond donors (Lipinski definition) is 1. The van der Waals surface area contributed by atoms with Crippen LogP contribution in [0.25, 0.3) is 10.8 Å². The highest BCUT2D eigenvalue weighted by Gasteiger charge is 2.30. The number of nitrogens with zero attached hydrogens (tertiary/aromatic N) is 1. The first kappa shape index (κ1) is 16.6. The molecule has 0 amide bonds. The molecule has 0 fully saturated rings. The zero-order valence-corrected chi connectivity index (χ0v) is 14.1. The number of aryl methyl sites for hydroxylation is 1. The summed E-state index contributed by atoms with van der Waals surface area (Å²) in [4.78, 5) is 4.34. The Morgan fingerprint density at radius 3 is 2.42 bits per heavy atom. The monoisotopic (exact) mass is 396 g/mol. The van der Waals surface area contributed by atoms with Crippen molar-refractivity contribution in [3.05, 3.63) is 58.7 Å². The maximum Gasteiger partial charge on any atom is 0.573 e. The van der Waals surface area contributed by atoms with Gasteiger partial charge in [0.25, 0.3) is 0 Å². The fraction of sp³-hybridized carbons (Fsp3) is 0.118. The number of alkyl halides is 3. The van der Waals surface area contributed by atoms with Gasteiger partial charge in [-0.2, -0.15) is 0 Å². The van der Waals surface area contributed by atoms with E-state index in [4.69, 9.17) is 0 Å². The Labute approximate surface area is 144 Å². The molecule has 0 saturated carbocycles. The van der Waals surface area contributed by atoms with E-state index in [0.717, 1.165) is 20.8 Å². The van der Waals surface area contributed by atoms with Gasteiger partial charge >= 0.3 is 6.36 Å². The van der Waals surface area contributed by atoms with Gasteiger partial charge in [0.05, 0.1) is 0 Å². The minimum Gasteiger partial charge on any atom is -0.406 e. The second-order valence-electron chi connectivity index (χ2n) is 5.20. The van der Waals surface area contributed by atoms with Crippen LogP contribution in [0.4, 0.5) is 24.7 Å². The number of rotatable bonds is 3. The Morgan fingerprint density at radius 1 is 1.04 bits per heavy atom. The van der Waals surface area contributed by atoms with Crippen LogP contribution in [0.1, 0.15) is 5.56 Å². The van der Waals surface area contributed by atoms with Crippen molar-refractivity contribution in [2.45, 2.75) is 13.3 Å². The van der Waals surface area contributed by atoms with E-state index in [2.05, 4.69) is 31.0 Å². The summed E-state index contributed by atoms with van der Waals surface area (Å²) >= 11 is 3.47. The van der Waals surface area contributed by atoms with Crippen LogP contribution in [0.5, 0.6) is 5.75 Å². The fourth-order valence-corrected chi connectivity index (χ4v) is 2.73. The highest BCUT2D eigenvalue weighted by atomic mass is 79.9. The van der Waals surface area contributed by atoms with Crippen molar-refractivity contribution in [1.82, 2.24) is 4.98 Å². The molecule has 124 valence electrons. The van der Waals surface area contributed by atoms with Gasteiger partial charge in [0, 0.05) is 27.1 Å². The summed E-state index contributed by atoms with van der Waals surface area (Å²) in [5.41, 5.74) is 1.73. The minimum absolute atomic E-state index is 0.266. The number of halogens is 4. The lowest BCUT2D eigenvalue weighted by Gasteiger charge is -2.12. The van der Waals surface area contributed by atoms with Gasteiger partial charge in [0.1, 0.15) is 11.6 Å². The molecular formula is C17H12BrF3N2O. The van der Waals surface area contributed by atoms with Crippen molar-refractivity contribution in [1.29, 1.82) is 0 Å². The van der Waals surface area contributed by atoms with Gasteiger partial charge in [-0.3, -0.25) is 0 Å². The Kier molecular flexibility index (Phi) is 4.36. The Hall–Kier alpha value is -2.28. The molecule has 0 aliphatic carbocycles. The quantitative estimate of drug-likeness (QED) is 0.593. The zero-order valence-electron chi connectivity index (χ0n) is 12.5. The molecule has 7 heteroatoms. The van der Waals surface area contributed by atoms with Crippen molar-refractivity contribution in [2.24, 2.45) is 0 Å². The third-order valence-electron chi connectivity index (χ3n) is 3.35. The molecule has 0 atom stereocenters. The molecule has 3 nitrogen and oxygen atoms in total. The lowest BCUT2D eigenvalue weighted by Crippen LogP contribution is -2.16. The van der Waals surface area contributed by atoms with Crippen molar-refractivity contribution in [3.63, 3.8) is 0 Å². The minimum atomic E-state index is -4.70. The number of benzene rings is 2. The Bertz CT molecular complexity index is 879. The smallest absolute Gasteiger partial charge is 0.406 e. The number of pyridine rings is 1. The highest BCUT2D eigenvalue weighted by Crippen LogP contribution is 2.31. The van der Waals surface area contributed by atoms with Crippen LogP contribution in [0, 0.1) is 6.92 Å². The van der Waals surface area contributed by atoms with E-state index in [1.807, 2.05) is 25.1 Å². The molecule has 1 N–H and O–H groups in total. The zero-order chi connectivity index (χ0) is 17.3. The lowest BCUT2D eigenvalue weighted by atomic mass is 10.1. The number of aromatic nitrogens is 1. The van der Waals surface area contributed by atoms with Crippen LogP contribution in [-0.4, -0.2) is 11.3 Å². The molecule has 0 aliphatic rings. The number of fused-ring (bicyclic) bond motifs is 1.